The predicted molar refractivity (Wildman–Crippen MR) is 175 cm³/mol. The van der Waals surface area contributed by atoms with Crippen molar-refractivity contribution in [1.29, 1.82) is 0 Å². The van der Waals surface area contributed by atoms with Gasteiger partial charge in [-0.05, 0) is 32.0 Å². The summed E-state index contributed by atoms with van der Waals surface area (Å²) < 4.78 is 9.13. The fourth-order valence-corrected chi connectivity index (χ4v) is 5.53. The average molecular weight is 709 g/mol. The molecule has 21 nitrogen and oxygen atoms in total. The van der Waals surface area contributed by atoms with E-state index in [9.17, 15) is 14.4 Å². The number of carbonyl (C=O) groups is 3. The van der Waals surface area contributed by atoms with E-state index in [4.69, 9.17) is 20.1 Å². The molecule has 7 rings (SSSR count). The quantitative estimate of drug-likeness (QED) is 0.175. The van der Waals surface area contributed by atoms with E-state index in [0.717, 1.165) is 45.8 Å². The first kappa shape index (κ1) is 35.6. The molecule has 6 aromatic rings. The molecule has 0 spiro atoms. The summed E-state index contributed by atoms with van der Waals surface area (Å²) in [6.45, 7) is 6.41. The topological polar surface area (TPSA) is 266 Å². The van der Waals surface area contributed by atoms with E-state index >= 15 is 0 Å². The lowest BCUT2D eigenvalue weighted by atomic mass is 10.3. The summed E-state index contributed by atoms with van der Waals surface area (Å²) in [5.41, 5.74) is 1.90. The second-order valence-electron chi connectivity index (χ2n) is 10.8. The highest BCUT2D eigenvalue weighted by molar-refractivity contribution is 7.17. The van der Waals surface area contributed by atoms with E-state index in [-0.39, 0.29) is 28.1 Å². The molecule has 7 heterocycles. The maximum absolute atomic E-state index is 11.1. The number of rotatable bonds is 10. The summed E-state index contributed by atoms with van der Waals surface area (Å²) in [4.78, 5) is 60.0. The van der Waals surface area contributed by atoms with Crippen molar-refractivity contribution in [3.8, 4) is 0 Å². The number of fused-ring (bicyclic) bond motifs is 3. The zero-order chi connectivity index (χ0) is 35.6. The number of aromatic nitrogens is 12. The first-order valence-corrected chi connectivity index (χ1v) is 15.9. The first-order valence-electron chi connectivity index (χ1n) is 15.0. The Hall–Kier alpha value is -5.71. The molecular formula is C28H32N14O7S. The number of aromatic carboxylic acids is 3. The van der Waals surface area contributed by atoms with Gasteiger partial charge < -0.3 is 25.0 Å². The number of hydrogen-bond donors (Lipinski definition) is 3. The van der Waals surface area contributed by atoms with Crippen molar-refractivity contribution in [2.75, 3.05) is 53.5 Å². The van der Waals surface area contributed by atoms with Crippen molar-refractivity contribution >= 4 is 61.8 Å². The molecule has 0 radical (unpaired) electrons. The first-order chi connectivity index (χ1) is 24.1. The molecular weight excluding hydrogens is 676 g/mol. The van der Waals surface area contributed by atoms with Gasteiger partial charge in [-0.1, -0.05) is 10.4 Å². The van der Waals surface area contributed by atoms with Crippen LogP contribution in [0.15, 0.2) is 30.4 Å². The van der Waals surface area contributed by atoms with Gasteiger partial charge in [-0.2, -0.15) is 0 Å². The molecule has 0 aliphatic carbocycles. The van der Waals surface area contributed by atoms with Gasteiger partial charge in [0.1, 0.15) is 19.0 Å². The SMILES string of the molecule is CN(C)CCn1nnc2c(C(=O)O)ncnc21.O=C(O)c1ncnc2c1nnn2CCCN1CCOCC1.O=C(O)c1ncnc2ccsc12. The zero-order valence-corrected chi connectivity index (χ0v) is 27.7. The summed E-state index contributed by atoms with van der Waals surface area (Å²) >= 11 is 1.34. The van der Waals surface area contributed by atoms with Crippen LogP contribution < -0.4 is 0 Å². The molecule has 0 aromatic carbocycles. The van der Waals surface area contributed by atoms with Crippen LogP contribution in [0.3, 0.4) is 0 Å². The van der Waals surface area contributed by atoms with Gasteiger partial charge in [-0.25, -0.2) is 53.7 Å². The number of hydrogen-bond acceptors (Lipinski definition) is 17. The second-order valence-corrected chi connectivity index (χ2v) is 11.7. The third-order valence-corrected chi connectivity index (χ3v) is 8.07. The Morgan fingerprint density at radius 1 is 0.760 bits per heavy atom. The Bertz CT molecular complexity index is 2090. The van der Waals surface area contributed by atoms with Crippen LogP contribution >= 0.6 is 11.3 Å². The number of aryl methyl sites for hydroxylation is 1. The van der Waals surface area contributed by atoms with Crippen molar-refractivity contribution in [3.63, 3.8) is 0 Å². The molecule has 0 unspecified atom stereocenters. The smallest absolute Gasteiger partial charge is 0.357 e. The molecule has 0 saturated carbocycles. The van der Waals surface area contributed by atoms with Gasteiger partial charge in [0.25, 0.3) is 0 Å². The molecule has 1 aliphatic rings. The molecule has 1 saturated heterocycles. The third kappa shape index (κ3) is 8.65. The van der Waals surface area contributed by atoms with E-state index in [0.29, 0.717) is 34.6 Å². The summed E-state index contributed by atoms with van der Waals surface area (Å²) in [5.74, 6) is -3.26. The summed E-state index contributed by atoms with van der Waals surface area (Å²) in [6, 6.07) is 1.77. The van der Waals surface area contributed by atoms with Gasteiger partial charge in [0.2, 0.25) is 0 Å². The Morgan fingerprint density at radius 2 is 1.30 bits per heavy atom. The van der Waals surface area contributed by atoms with Crippen LogP contribution in [0.1, 0.15) is 37.9 Å². The lowest BCUT2D eigenvalue weighted by Crippen LogP contribution is -2.37. The van der Waals surface area contributed by atoms with Crippen molar-refractivity contribution in [3.05, 3.63) is 47.5 Å². The van der Waals surface area contributed by atoms with E-state index < -0.39 is 17.9 Å². The third-order valence-electron chi connectivity index (χ3n) is 7.16. The minimum atomic E-state index is -1.13. The van der Waals surface area contributed by atoms with Crippen LogP contribution in [-0.2, 0) is 17.8 Å². The number of carboxylic acid groups (broad SMARTS) is 3. The molecule has 50 heavy (non-hydrogen) atoms. The minimum absolute atomic E-state index is 0.0787. The van der Waals surface area contributed by atoms with Crippen LogP contribution in [-0.4, -0.2) is 156 Å². The lowest BCUT2D eigenvalue weighted by molar-refractivity contribution is 0.0368. The highest BCUT2D eigenvalue weighted by atomic mass is 32.1. The normalized spacial score (nSPS) is 13.2. The summed E-state index contributed by atoms with van der Waals surface area (Å²) in [6.07, 6.45) is 4.60. The standard InChI is InChI=1S/C12H16N6O3.C9H12N6O2.C7H4N2O2S/c19-12(20)10-9-11(14-8-13-10)18(16-15-9)3-1-2-17-4-6-21-7-5-17;1-14(2)3-4-15-8-6(12-13-15)7(9(16)17)10-5-11-8;10-7(11)5-6-4(1-2-12-6)8-3-9-5/h8H,1-7H2,(H,19,20);5H,3-4H2,1-2H3,(H,16,17);1-3H,(H,10,11). The number of likely N-dealkylation sites (N-methyl/N-ethyl adjacent to an activating group) is 1. The van der Waals surface area contributed by atoms with E-state index in [1.807, 2.05) is 19.0 Å². The Kier molecular flexibility index (Phi) is 11.8. The molecule has 3 N–H and O–H groups in total. The average Bonchev–Trinajstić information content (AvgIpc) is 3.87. The van der Waals surface area contributed by atoms with Crippen LogP contribution in [0.25, 0.3) is 32.5 Å². The van der Waals surface area contributed by atoms with Gasteiger partial charge >= 0.3 is 17.9 Å². The maximum atomic E-state index is 11.1. The molecule has 22 heteroatoms. The van der Waals surface area contributed by atoms with Gasteiger partial charge in [0.15, 0.2) is 39.4 Å². The fourth-order valence-electron chi connectivity index (χ4n) is 4.70. The highest BCUT2D eigenvalue weighted by Gasteiger charge is 2.18. The monoisotopic (exact) mass is 708 g/mol. The highest BCUT2D eigenvalue weighted by Crippen LogP contribution is 2.20. The second kappa shape index (κ2) is 16.6. The van der Waals surface area contributed by atoms with Crippen LogP contribution in [0.4, 0.5) is 0 Å². The predicted octanol–water partition coefficient (Wildman–Crippen LogP) is 0.512. The zero-order valence-electron chi connectivity index (χ0n) is 26.9. The van der Waals surface area contributed by atoms with E-state index in [1.165, 1.54) is 30.3 Å². The van der Waals surface area contributed by atoms with E-state index in [2.05, 4.69) is 55.4 Å². The Balaban J connectivity index is 0.000000151. The molecule has 1 fully saturated rings. The lowest BCUT2D eigenvalue weighted by Gasteiger charge is -2.26. The minimum Gasteiger partial charge on any atom is -0.476 e. The summed E-state index contributed by atoms with van der Waals surface area (Å²) in [5, 5.41) is 44.1. The molecule has 0 atom stereocenters. The number of morpholine rings is 1. The van der Waals surface area contributed by atoms with Crippen molar-refractivity contribution in [1.82, 2.24) is 69.7 Å². The molecule has 6 aromatic heterocycles. The number of nitrogens with zero attached hydrogens (tertiary/aromatic N) is 14. The van der Waals surface area contributed by atoms with Gasteiger partial charge in [0, 0.05) is 32.7 Å². The van der Waals surface area contributed by atoms with Gasteiger partial charge in [-0.15, -0.1) is 21.5 Å². The molecule has 0 bridgehead atoms. The molecule has 1 aliphatic heterocycles. The summed E-state index contributed by atoms with van der Waals surface area (Å²) in [7, 11) is 3.88. The van der Waals surface area contributed by atoms with Crippen LogP contribution in [0, 0.1) is 0 Å². The molecule has 262 valence electrons. The number of carboxylic acids is 3. The Labute approximate surface area is 286 Å². The van der Waals surface area contributed by atoms with E-state index in [1.54, 1.807) is 20.8 Å². The van der Waals surface area contributed by atoms with Gasteiger partial charge in [-0.3, -0.25) is 4.90 Å². The number of thiophene rings is 1. The maximum Gasteiger partial charge on any atom is 0.357 e. The number of ether oxygens (including phenoxy) is 1. The largest absolute Gasteiger partial charge is 0.476 e. The van der Waals surface area contributed by atoms with Crippen molar-refractivity contribution in [2.45, 2.75) is 19.5 Å². The van der Waals surface area contributed by atoms with Crippen molar-refractivity contribution in [2.24, 2.45) is 0 Å². The van der Waals surface area contributed by atoms with Gasteiger partial charge in [0.05, 0.1) is 30.0 Å². The van der Waals surface area contributed by atoms with Crippen LogP contribution in [0.2, 0.25) is 0 Å². The van der Waals surface area contributed by atoms with Crippen molar-refractivity contribution < 1.29 is 34.4 Å². The fraction of sp³-hybridized carbons (Fsp3) is 0.393. The molecule has 0 amide bonds. The van der Waals surface area contributed by atoms with Crippen LogP contribution in [0.5, 0.6) is 0 Å². The Morgan fingerprint density at radius 3 is 1.86 bits per heavy atom.